The zero-order chi connectivity index (χ0) is 21.4. The average molecular weight is 423 g/mol. The number of hydrogen-bond acceptors (Lipinski definition) is 5. The highest BCUT2D eigenvalue weighted by atomic mass is 19.2. The van der Waals surface area contributed by atoms with Gasteiger partial charge >= 0.3 is 5.97 Å². The predicted molar refractivity (Wildman–Crippen MR) is 98.0 cm³/mol. The first kappa shape index (κ1) is 20.4. The molecule has 2 fully saturated rings. The van der Waals surface area contributed by atoms with Crippen LogP contribution in [0.3, 0.4) is 0 Å². The van der Waals surface area contributed by atoms with Crippen LogP contribution in [0.4, 0.5) is 13.2 Å². The number of piperidine rings is 1. The molecule has 0 unspecified atom stereocenters. The minimum Gasteiger partial charge on any atom is -0.481 e. The van der Waals surface area contributed by atoms with Gasteiger partial charge in [0.25, 0.3) is 5.91 Å². The van der Waals surface area contributed by atoms with E-state index in [-0.39, 0.29) is 17.0 Å². The highest BCUT2D eigenvalue weighted by Crippen LogP contribution is 2.31. The number of carbonyl (C=O) groups is 2. The molecule has 1 amide bonds. The summed E-state index contributed by atoms with van der Waals surface area (Å²) in [5, 5.41) is 15.8. The molecule has 1 aromatic carbocycles. The van der Waals surface area contributed by atoms with Crippen LogP contribution in [0.25, 0.3) is 11.3 Å². The molecule has 1 aliphatic carbocycles. The van der Waals surface area contributed by atoms with Gasteiger partial charge in [0.1, 0.15) is 0 Å². The second-order valence-electron chi connectivity index (χ2n) is 7.82. The first-order chi connectivity index (χ1) is 14.3. The van der Waals surface area contributed by atoms with Crippen LogP contribution >= 0.6 is 0 Å². The van der Waals surface area contributed by atoms with Crippen molar-refractivity contribution in [3.63, 3.8) is 0 Å². The number of likely N-dealkylation sites (tertiary alicyclic amines) is 1. The fraction of sp³-hybridized carbons (Fsp3) is 0.450. The molecule has 7 nitrogen and oxygen atoms in total. The number of nitrogens with one attached hydrogen (secondary N) is 1. The number of benzene rings is 1. The van der Waals surface area contributed by atoms with Gasteiger partial charge in [0, 0.05) is 31.7 Å². The number of rotatable bonds is 6. The van der Waals surface area contributed by atoms with Crippen molar-refractivity contribution in [2.45, 2.75) is 25.3 Å². The number of carboxylic acid groups (broad SMARTS) is 1. The maximum Gasteiger partial charge on any atom is 0.309 e. The summed E-state index contributed by atoms with van der Waals surface area (Å²) in [7, 11) is 0. The minimum absolute atomic E-state index is 0.210. The van der Waals surface area contributed by atoms with Gasteiger partial charge < -0.3 is 19.8 Å². The van der Waals surface area contributed by atoms with Crippen LogP contribution in [0, 0.1) is 29.3 Å². The van der Waals surface area contributed by atoms with Crippen molar-refractivity contribution in [1.82, 2.24) is 15.4 Å². The zero-order valence-corrected chi connectivity index (χ0v) is 15.9. The van der Waals surface area contributed by atoms with E-state index in [4.69, 9.17) is 4.52 Å². The Morgan fingerprint density at radius 2 is 1.97 bits per heavy atom. The molecule has 1 aliphatic heterocycles. The van der Waals surface area contributed by atoms with E-state index < -0.39 is 41.3 Å². The smallest absolute Gasteiger partial charge is 0.309 e. The van der Waals surface area contributed by atoms with Crippen LogP contribution in [0.1, 0.15) is 29.8 Å². The number of halogens is 3. The molecule has 1 saturated heterocycles. The summed E-state index contributed by atoms with van der Waals surface area (Å²) in [5.41, 5.74) is -0.587. The summed E-state index contributed by atoms with van der Waals surface area (Å²) in [6, 6.07) is 2.23. The SMILES string of the molecule is O=C(N[C@H]1CCN(CC2CC2)C[C@@H]1C(=O)O)c1cc(-c2ccc(F)c(F)c2F)on1. The van der Waals surface area contributed by atoms with E-state index in [0.29, 0.717) is 25.4 Å². The molecule has 160 valence electrons. The zero-order valence-electron chi connectivity index (χ0n) is 15.9. The second-order valence-corrected chi connectivity index (χ2v) is 7.82. The van der Waals surface area contributed by atoms with Gasteiger partial charge in [-0.3, -0.25) is 9.59 Å². The molecule has 2 N–H and O–H groups in total. The lowest BCUT2D eigenvalue weighted by Crippen LogP contribution is -2.53. The van der Waals surface area contributed by atoms with E-state index in [1.165, 1.54) is 12.8 Å². The lowest BCUT2D eigenvalue weighted by Gasteiger charge is -2.36. The maximum atomic E-state index is 13.9. The molecule has 2 atom stereocenters. The molecule has 2 aliphatic rings. The number of aliphatic carboxylic acids is 1. The monoisotopic (exact) mass is 423 g/mol. The topological polar surface area (TPSA) is 95.7 Å². The third-order valence-electron chi connectivity index (χ3n) is 5.59. The Hall–Kier alpha value is -2.88. The first-order valence-corrected chi connectivity index (χ1v) is 9.70. The quantitative estimate of drug-likeness (QED) is 0.694. The number of carboxylic acids is 1. The molecular weight excluding hydrogens is 403 g/mol. The fourth-order valence-electron chi connectivity index (χ4n) is 3.74. The van der Waals surface area contributed by atoms with E-state index in [2.05, 4.69) is 15.4 Å². The Balaban J connectivity index is 1.45. The van der Waals surface area contributed by atoms with Crippen LogP contribution in [-0.4, -0.2) is 52.7 Å². The number of carbonyl (C=O) groups excluding carboxylic acids is 1. The van der Waals surface area contributed by atoms with Crippen molar-refractivity contribution in [1.29, 1.82) is 0 Å². The highest BCUT2D eigenvalue weighted by molar-refractivity contribution is 5.93. The molecule has 2 heterocycles. The van der Waals surface area contributed by atoms with E-state index in [0.717, 1.165) is 24.7 Å². The average Bonchev–Trinajstić information content (AvgIpc) is 3.39. The summed E-state index contributed by atoms with van der Waals surface area (Å²) < 4.78 is 45.4. The summed E-state index contributed by atoms with van der Waals surface area (Å²) in [6.07, 6.45) is 2.81. The van der Waals surface area contributed by atoms with Crippen molar-refractivity contribution in [3.05, 3.63) is 41.3 Å². The molecule has 0 spiro atoms. The van der Waals surface area contributed by atoms with E-state index in [1.807, 2.05) is 0 Å². The lowest BCUT2D eigenvalue weighted by atomic mass is 9.91. The second kappa shape index (κ2) is 8.10. The van der Waals surface area contributed by atoms with Gasteiger partial charge in [0.2, 0.25) is 0 Å². The summed E-state index contributed by atoms with van der Waals surface area (Å²) in [4.78, 5) is 26.3. The lowest BCUT2D eigenvalue weighted by molar-refractivity contribution is -0.144. The van der Waals surface area contributed by atoms with E-state index in [9.17, 15) is 27.9 Å². The molecule has 1 aromatic heterocycles. The van der Waals surface area contributed by atoms with Gasteiger partial charge in [-0.1, -0.05) is 5.16 Å². The summed E-state index contributed by atoms with van der Waals surface area (Å²) in [5.74, 6) is -6.51. The van der Waals surface area contributed by atoms with E-state index in [1.54, 1.807) is 0 Å². The van der Waals surface area contributed by atoms with Crippen molar-refractivity contribution in [2.75, 3.05) is 19.6 Å². The number of amides is 1. The van der Waals surface area contributed by atoms with E-state index >= 15 is 0 Å². The predicted octanol–water partition coefficient (Wildman–Crippen LogP) is 2.67. The fourth-order valence-corrected chi connectivity index (χ4v) is 3.74. The molecule has 4 rings (SSSR count). The van der Waals surface area contributed by atoms with Gasteiger partial charge in [-0.2, -0.15) is 0 Å². The van der Waals surface area contributed by atoms with Gasteiger partial charge in [-0.15, -0.1) is 0 Å². The summed E-state index contributed by atoms with van der Waals surface area (Å²) >= 11 is 0. The van der Waals surface area contributed by atoms with Gasteiger partial charge in [-0.05, 0) is 37.3 Å². The Morgan fingerprint density at radius 3 is 2.67 bits per heavy atom. The Labute approximate surface area is 169 Å². The van der Waals surface area contributed by atoms with Gasteiger partial charge in [0.15, 0.2) is 28.9 Å². The van der Waals surface area contributed by atoms with Crippen LogP contribution in [0.5, 0.6) is 0 Å². The number of hydrogen-bond donors (Lipinski definition) is 2. The maximum absolute atomic E-state index is 13.9. The molecule has 0 bridgehead atoms. The minimum atomic E-state index is -1.66. The van der Waals surface area contributed by atoms with Crippen molar-refractivity contribution >= 4 is 11.9 Å². The van der Waals surface area contributed by atoms with Crippen LogP contribution in [-0.2, 0) is 4.79 Å². The Morgan fingerprint density at radius 1 is 1.20 bits per heavy atom. The van der Waals surface area contributed by atoms with Crippen LogP contribution < -0.4 is 5.32 Å². The van der Waals surface area contributed by atoms with Crippen LogP contribution in [0.15, 0.2) is 22.7 Å². The molecule has 10 heteroatoms. The highest BCUT2D eigenvalue weighted by Gasteiger charge is 2.37. The molecule has 30 heavy (non-hydrogen) atoms. The molecular formula is C20H20F3N3O4. The van der Waals surface area contributed by atoms with Gasteiger partial charge in [-0.25, -0.2) is 13.2 Å². The standard InChI is InChI=1S/C20H20F3N3O4/c21-13-4-3-11(17(22)18(13)23)16-7-15(25-30-16)19(27)24-14-5-6-26(8-10-1-2-10)9-12(14)20(28)29/h3-4,7,10,12,14H,1-2,5-6,8-9H2,(H,24,27)(H,28,29)/t12-,14-/m0/s1. The van der Waals surface area contributed by atoms with Crippen LogP contribution in [0.2, 0.25) is 0 Å². The third-order valence-corrected chi connectivity index (χ3v) is 5.59. The molecule has 2 aromatic rings. The van der Waals surface area contributed by atoms with Crippen molar-refractivity contribution in [3.8, 4) is 11.3 Å². The van der Waals surface area contributed by atoms with Crippen molar-refractivity contribution < 1.29 is 32.4 Å². The number of aromatic nitrogens is 1. The summed E-state index contributed by atoms with van der Waals surface area (Å²) in [6.45, 7) is 1.90. The largest absolute Gasteiger partial charge is 0.481 e. The third kappa shape index (κ3) is 4.18. The first-order valence-electron chi connectivity index (χ1n) is 9.70. The molecule has 0 radical (unpaired) electrons. The van der Waals surface area contributed by atoms with Crippen molar-refractivity contribution in [2.24, 2.45) is 11.8 Å². The Kier molecular flexibility index (Phi) is 5.50. The molecule has 1 saturated carbocycles. The van der Waals surface area contributed by atoms with Gasteiger partial charge in [0.05, 0.1) is 11.5 Å². The Bertz CT molecular complexity index is 976. The normalized spacial score (nSPS) is 22.1. The number of nitrogens with zero attached hydrogens (tertiary/aromatic N) is 2.